The molecule has 90 valence electrons. The Labute approximate surface area is 97.7 Å². The SMILES string of the molecule is C.CC(C)(C)N1C[C@@H]2C(n3cncn3)[C@@H]2C1. The number of hydrogen-bond donors (Lipinski definition) is 0. The Morgan fingerprint density at radius 1 is 1.19 bits per heavy atom. The lowest BCUT2D eigenvalue weighted by Crippen LogP contribution is -2.41. The molecule has 1 saturated heterocycles. The Morgan fingerprint density at radius 2 is 1.81 bits per heavy atom. The zero-order chi connectivity index (χ0) is 10.6. The average molecular weight is 222 g/mol. The number of fused-ring (bicyclic) bond motifs is 1. The van der Waals surface area contributed by atoms with Crippen molar-refractivity contribution in [2.24, 2.45) is 11.8 Å². The van der Waals surface area contributed by atoms with Crippen LogP contribution in [0.25, 0.3) is 0 Å². The molecule has 3 atom stereocenters. The summed E-state index contributed by atoms with van der Waals surface area (Å²) < 4.78 is 2.04. The summed E-state index contributed by atoms with van der Waals surface area (Å²) in [5.74, 6) is 1.62. The van der Waals surface area contributed by atoms with Crippen LogP contribution in [-0.4, -0.2) is 38.3 Å². The summed E-state index contributed by atoms with van der Waals surface area (Å²) in [6, 6.07) is 0.631. The van der Waals surface area contributed by atoms with Gasteiger partial charge in [-0.2, -0.15) is 5.10 Å². The lowest BCUT2D eigenvalue weighted by Gasteiger charge is -2.33. The van der Waals surface area contributed by atoms with E-state index >= 15 is 0 Å². The minimum atomic E-state index is 0. The highest BCUT2D eigenvalue weighted by atomic mass is 15.4. The maximum atomic E-state index is 4.23. The molecule has 1 unspecified atom stereocenters. The molecule has 0 bridgehead atoms. The van der Waals surface area contributed by atoms with Crippen LogP contribution in [0.15, 0.2) is 12.7 Å². The standard InChI is InChI=1S/C11H18N4.CH4/c1-11(2,3)14-4-8-9(5-14)10(8)15-7-12-6-13-15;/h6-10H,4-5H2,1-3H3;1H4/t8-,9+,10?;. The molecule has 1 aliphatic heterocycles. The number of piperidine rings is 1. The van der Waals surface area contributed by atoms with Crippen LogP contribution in [0.1, 0.15) is 34.2 Å². The maximum Gasteiger partial charge on any atom is 0.137 e. The minimum Gasteiger partial charge on any atom is -0.298 e. The molecule has 16 heavy (non-hydrogen) atoms. The fraction of sp³-hybridized carbons (Fsp3) is 0.833. The van der Waals surface area contributed by atoms with Gasteiger partial charge in [-0.15, -0.1) is 0 Å². The number of hydrogen-bond acceptors (Lipinski definition) is 3. The van der Waals surface area contributed by atoms with Crippen molar-refractivity contribution < 1.29 is 0 Å². The first-order chi connectivity index (χ1) is 7.07. The van der Waals surface area contributed by atoms with Gasteiger partial charge in [0, 0.05) is 30.5 Å². The summed E-state index contributed by atoms with van der Waals surface area (Å²) in [5, 5.41) is 4.23. The first-order valence-corrected chi connectivity index (χ1v) is 5.66. The van der Waals surface area contributed by atoms with Gasteiger partial charge in [-0.05, 0) is 20.8 Å². The molecule has 2 heterocycles. The molecular formula is C12H22N4. The molecule has 3 rings (SSSR count). The highest BCUT2D eigenvalue weighted by Gasteiger charge is 2.58. The summed E-state index contributed by atoms with van der Waals surface area (Å²) >= 11 is 0. The molecule has 1 saturated carbocycles. The molecule has 0 spiro atoms. The van der Waals surface area contributed by atoms with Gasteiger partial charge in [0.2, 0.25) is 0 Å². The van der Waals surface area contributed by atoms with Crippen LogP contribution in [0, 0.1) is 11.8 Å². The van der Waals surface area contributed by atoms with Crippen molar-refractivity contribution in [3.8, 4) is 0 Å². The lowest BCUT2D eigenvalue weighted by molar-refractivity contribution is 0.146. The van der Waals surface area contributed by atoms with Gasteiger partial charge in [-0.25, -0.2) is 9.67 Å². The first-order valence-electron chi connectivity index (χ1n) is 5.66. The van der Waals surface area contributed by atoms with Crippen molar-refractivity contribution in [2.75, 3.05) is 13.1 Å². The topological polar surface area (TPSA) is 34.0 Å². The Morgan fingerprint density at radius 3 is 2.25 bits per heavy atom. The fourth-order valence-corrected chi connectivity index (χ4v) is 2.81. The van der Waals surface area contributed by atoms with Crippen LogP contribution in [-0.2, 0) is 0 Å². The average Bonchev–Trinajstić information content (AvgIpc) is 2.63. The van der Waals surface area contributed by atoms with E-state index in [4.69, 9.17) is 0 Å². The number of aromatic nitrogens is 3. The summed E-state index contributed by atoms with van der Waals surface area (Å²) in [5.41, 5.74) is 0.320. The van der Waals surface area contributed by atoms with Crippen molar-refractivity contribution in [2.45, 2.75) is 39.8 Å². The van der Waals surface area contributed by atoms with Crippen LogP contribution in [0.3, 0.4) is 0 Å². The summed E-state index contributed by atoms with van der Waals surface area (Å²) in [6.45, 7) is 9.32. The first kappa shape index (κ1) is 11.6. The molecule has 2 fully saturated rings. The predicted molar refractivity (Wildman–Crippen MR) is 64.1 cm³/mol. The van der Waals surface area contributed by atoms with Gasteiger partial charge in [-0.3, -0.25) is 4.90 Å². The number of likely N-dealkylation sites (tertiary alicyclic amines) is 1. The summed E-state index contributed by atoms with van der Waals surface area (Å²) in [4.78, 5) is 6.60. The highest BCUT2D eigenvalue weighted by Crippen LogP contribution is 2.55. The third-order valence-electron chi connectivity index (χ3n) is 3.84. The molecule has 0 amide bonds. The van der Waals surface area contributed by atoms with Crippen LogP contribution in [0.5, 0.6) is 0 Å². The molecule has 4 heteroatoms. The van der Waals surface area contributed by atoms with E-state index in [1.165, 1.54) is 13.1 Å². The molecule has 0 aromatic carbocycles. The monoisotopic (exact) mass is 222 g/mol. The highest BCUT2D eigenvalue weighted by molar-refractivity contribution is 5.09. The smallest absolute Gasteiger partial charge is 0.137 e. The van der Waals surface area contributed by atoms with E-state index in [-0.39, 0.29) is 7.43 Å². The van der Waals surface area contributed by atoms with Crippen molar-refractivity contribution in [3.63, 3.8) is 0 Å². The van der Waals surface area contributed by atoms with Gasteiger partial charge in [-0.1, -0.05) is 7.43 Å². The van der Waals surface area contributed by atoms with Gasteiger partial charge in [0.05, 0.1) is 6.04 Å². The maximum absolute atomic E-state index is 4.23. The van der Waals surface area contributed by atoms with E-state index in [0.717, 1.165) is 11.8 Å². The van der Waals surface area contributed by atoms with Gasteiger partial charge in [0.15, 0.2) is 0 Å². The molecule has 4 nitrogen and oxygen atoms in total. The van der Waals surface area contributed by atoms with Crippen molar-refractivity contribution >= 4 is 0 Å². The molecular weight excluding hydrogens is 200 g/mol. The van der Waals surface area contributed by atoms with Gasteiger partial charge in [0.25, 0.3) is 0 Å². The Hall–Kier alpha value is -0.900. The second-order valence-electron chi connectivity index (χ2n) is 5.77. The second-order valence-corrected chi connectivity index (χ2v) is 5.77. The number of rotatable bonds is 1. The van der Waals surface area contributed by atoms with E-state index < -0.39 is 0 Å². The second kappa shape index (κ2) is 3.55. The Balaban J connectivity index is 0.000000963. The minimum absolute atomic E-state index is 0. The fourth-order valence-electron chi connectivity index (χ4n) is 2.81. The van der Waals surface area contributed by atoms with E-state index in [9.17, 15) is 0 Å². The van der Waals surface area contributed by atoms with Crippen LogP contribution in [0.4, 0.5) is 0 Å². The molecule has 1 aliphatic carbocycles. The molecule has 0 N–H and O–H groups in total. The molecule has 2 aliphatic rings. The zero-order valence-corrected chi connectivity index (χ0v) is 9.59. The van der Waals surface area contributed by atoms with Crippen molar-refractivity contribution in [1.82, 2.24) is 19.7 Å². The van der Waals surface area contributed by atoms with E-state index in [1.54, 1.807) is 6.33 Å². The molecule has 1 aromatic heterocycles. The van der Waals surface area contributed by atoms with E-state index in [0.29, 0.717) is 11.6 Å². The van der Waals surface area contributed by atoms with Crippen molar-refractivity contribution in [3.05, 3.63) is 12.7 Å². The predicted octanol–water partition coefficient (Wildman–Crippen LogP) is 1.82. The summed E-state index contributed by atoms with van der Waals surface area (Å²) in [6.07, 6.45) is 3.49. The van der Waals surface area contributed by atoms with Crippen LogP contribution < -0.4 is 0 Å². The van der Waals surface area contributed by atoms with Crippen LogP contribution in [0.2, 0.25) is 0 Å². The normalized spacial score (nSPS) is 33.3. The Bertz CT molecular complexity index is 340. The zero-order valence-electron chi connectivity index (χ0n) is 9.59. The van der Waals surface area contributed by atoms with Crippen LogP contribution >= 0.6 is 0 Å². The largest absolute Gasteiger partial charge is 0.298 e. The van der Waals surface area contributed by atoms with Gasteiger partial charge < -0.3 is 0 Å². The number of nitrogens with zero attached hydrogens (tertiary/aromatic N) is 4. The van der Waals surface area contributed by atoms with E-state index in [2.05, 4.69) is 35.8 Å². The van der Waals surface area contributed by atoms with E-state index in [1.807, 2.05) is 11.0 Å². The third kappa shape index (κ3) is 1.65. The van der Waals surface area contributed by atoms with Gasteiger partial charge >= 0.3 is 0 Å². The molecule has 0 radical (unpaired) electrons. The van der Waals surface area contributed by atoms with Gasteiger partial charge in [0.1, 0.15) is 12.7 Å². The Kier molecular flexibility index (Phi) is 2.57. The quantitative estimate of drug-likeness (QED) is 0.727. The third-order valence-corrected chi connectivity index (χ3v) is 3.84. The van der Waals surface area contributed by atoms with Crippen molar-refractivity contribution in [1.29, 1.82) is 0 Å². The lowest BCUT2D eigenvalue weighted by atomic mass is 10.1. The molecule has 1 aromatic rings. The summed E-state index contributed by atoms with van der Waals surface area (Å²) in [7, 11) is 0.